The van der Waals surface area contributed by atoms with Gasteiger partial charge in [0.05, 0.1) is 12.8 Å². The van der Waals surface area contributed by atoms with Gasteiger partial charge in [-0.15, -0.1) is 0 Å². The molecule has 0 spiro atoms. The molecule has 0 aliphatic heterocycles. The highest BCUT2D eigenvalue weighted by molar-refractivity contribution is 5.87. The van der Waals surface area contributed by atoms with Crippen LogP contribution < -0.4 is 10.5 Å². The topological polar surface area (TPSA) is 101 Å². The standard InChI is InChI=1S/C13H18N2O5/c1-13(2,3)20-10(16)7-19-11-8(14)5-6-9(15-11)12(17)18-4/h5-6H,7,14H2,1-4H3. The summed E-state index contributed by atoms with van der Waals surface area (Å²) >= 11 is 0. The number of hydrogen-bond donors (Lipinski definition) is 1. The molecule has 20 heavy (non-hydrogen) atoms. The number of nitrogen functional groups attached to an aromatic ring is 1. The molecule has 0 aliphatic carbocycles. The van der Waals surface area contributed by atoms with Crippen LogP contribution >= 0.6 is 0 Å². The lowest BCUT2D eigenvalue weighted by molar-refractivity contribution is -0.157. The van der Waals surface area contributed by atoms with Crippen molar-refractivity contribution in [2.24, 2.45) is 0 Å². The zero-order chi connectivity index (χ0) is 15.3. The van der Waals surface area contributed by atoms with E-state index in [0.717, 1.165) is 0 Å². The first-order valence-corrected chi connectivity index (χ1v) is 5.92. The summed E-state index contributed by atoms with van der Waals surface area (Å²) in [5.74, 6) is -1.19. The number of methoxy groups -OCH3 is 1. The Bertz CT molecular complexity index is 508. The predicted molar refractivity (Wildman–Crippen MR) is 71.3 cm³/mol. The molecule has 7 nitrogen and oxygen atoms in total. The third-order valence-electron chi connectivity index (χ3n) is 2.03. The van der Waals surface area contributed by atoms with Crippen LogP contribution in [0.15, 0.2) is 12.1 Å². The van der Waals surface area contributed by atoms with Gasteiger partial charge in [0, 0.05) is 0 Å². The van der Waals surface area contributed by atoms with Crippen LogP contribution in [-0.2, 0) is 14.3 Å². The third-order valence-corrected chi connectivity index (χ3v) is 2.03. The van der Waals surface area contributed by atoms with Crippen molar-refractivity contribution in [1.29, 1.82) is 0 Å². The first-order chi connectivity index (χ1) is 9.23. The minimum Gasteiger partial charge on any atom is -0.464 e. The zero-order valence-electron chi connectivity index (χ0n) is 11.9. The van der Waals surface area contributed by atoms with Crippen LogP contribution in [0.5, 0.6) is 5.88 Å². The third kappa shape index (κ3) is 4.75. The number of anilines is 1. The smallest absolute Gasteiger partial charge is 0.356 e. The molecule has 1 aromatic heterocycles. The Morgan fingerprint density at radius 2 is 1.95 bits per heavy atom. The van der Waals surface area contributed by atoms with Crippen molar-refractivity contribution >= 4 is 17.6 Å². The molecule has 0 aromatic carbocycles. The van der Waals surface area contributed by atoms with Crippen LogP contribution in [0.2, 0.25) is 0 Å². The second-order valence-electron chi connectivity index (χ2n) is 4.96. The van der Waals surface area contributed by atoms with Crippen LogP contribution in [0.3, 0.4) is 0 Å². The summed E-state index contributed by atoms with van der Waals surface area (Å²) in [5.41, 5.74) is 5.30. The fourth-order valence-corrected chi connectivity index (χ4v) is 1.28. The van der Waals surface area contributed by atoms with E-state index < -0.39 is 17.5 Å². The SMILES string of the molecule is COC(=O)c1ccc(N)c(OCC(=O)OC(C)(C)C)n1. The van der Waals surface area contributed by atoms with Gasteiger partial charge in [-0.1, -0.05) is 0 Å². The summed E-state index contributed by atoms with van der Waals surface area (Å²) in [7, 11) is 1.24. The molecule has 0 amide bonds. The van der Waals surface area contributed by atoms with E-state index >= 15 is 0 Å². The summed E-state index contributed by atoms with van der Waals surface area (Å²) < 4.78 is 14.8. The summed E-state index contributed by atoms with van der Waals surface area (Å²) in [6, 6.07) is 2.85. The van der Waals surface area contributed by atoms with Gasteiger partial charge in [0.2, 0.25) is 5.88 Å². The van der Waals surface area contributed by atoms with Crippen LogP contribution in [0, 0.1) is 0 Å². The maximum Gasteiger partial charge on any atom is 0.356 e. The van der Waals surface area contributed by atoms with Gasteiger partial charge in [-0.25, -0.2) is 14.6 Å². The Balaban J connectivity index is 2.72. The normalized spacial score (nSPS) is 10.8. The number of ether oxygens (including phenoxy) is 3. The number of aromatic nitrogens is 1. The van der Waals surface area contributed by atoms with E-state index in [1.165, 1.54) is 19.2 Å². The van der Waals surface area contributed by atoms with Crippen LogP contribution in [0.1, 0.15) is 31.3 Å². The van der Waals surface area contributed by atoms with E-state index in [1.54, 1.807) is 20.8 Å². The fraction of sp³-hybridized carbons (Fsp3) is 0.462. The van der Waals surface area contributed by atoms with Gasteiger partial charge in [-0.2, -0.15) is 0 Å². The highest BCUT2D eigenvalue weighted by atomic mass is 16.6. The number of pyridine rings is 1. The Morgan fingerprint density at radius 3 is 2.50 bits per heavy atom. The highest BCUT2D eigenvalue weighted by Gasteiger charge is 2.18. The Hall–Kier alpha value is -2.31. The average molecular weight is 282 g/mol. The summed E-state index contributed by atoms with van der Waals surface area (Å²) in [6.45, 7) is 4.89. The molecule has 7 heteroatoms. The molecule has 1 rings (SSSR count). The lowest BCUT2D eigenvalue weighted by Crippen LogP contribution is -2.27. The van der Waals surface area contributed by atoms with Crippen molar-refractivity contribution in [2.75, 3.05) is 19.5 Å². The van der Waals surface area contributed by atoms with E-state index in [9.17, 15) is 9.59 Å². The quantitative estimate of drug-likeness (QED) is 0.827. The Labute approximate surface area is 117 Å². The molecule has 0 saturated heterocycles. The Morgan fingerprint density at radius 1 is 1.30 bits per heavy atom. The average Bonchev–Trinajstić information content (AvgIpc) is 2.34. The molecule has 1 aromatic rings. The number of carbonyl (C=O) groups is 2. The van der Waals surface area contributed by atoms with Gasteiger partial charge < -0.3 is 19.9 Å². The van der Waals surface area contributed by atoms with Gasteiger partial charge in [0.15, 0.2) is 12.3 Å². The minimum absolute atomic E-state index is 0.0150. The Kier molecular flexibility index (Phi) is 4.90. The van der Waals surface area contributed by atoms with Crippen molar-refractivity contribution in [1.82, 2.24) is 4.98 Å². The number of esters is 2. The van der Waals surface area contributed by atoms with E-state index in [0.29, 0.717) is 0 Å². The highest BCUT2D eigenvalue weighted by Crippen LogP contribution is 2.19. The predicted octanol–water partition coefficient (Wildman–Crippen LogP) is 1.17. The molecule has 0 fully saturated rings. The molecule has 110 valence electrons. The van der Waals surface area contributed by atoms with E-state index in [2.05, 4.69) is 9.72 Å². The molecular formula is C13H18N2O5. The van der Waals surface area contributed by atoms with Gasteiger partial charge in [0.1, 0.15) is 5.60 Å². The fourth-order valence-electron chi connectivity index (χ4n) is 1.28. The number of rotatable bonds is 4. The number of hydrogen-bond acceptors (Lipinski definition) is 7. The maximum atomic E-state index is 11.5. The molecule has 0 bridgehead atoms. The summed E-state index contributed by atoms with van der Waals surface area (Å²) in [5, 5.41) is 0. The second kappa shape index (κ2) is 6.23. The lowest BCUT2D eigenvalue weighted by Gasteiger charge is -2.19. The second-order valence-corrected chi connectivity index (χ2v) is 4.96. The van der Waals surface area contributed by atoms with Crippen molar-refractivity contribution in [3.63, 3.8) is 0 Å². The van der Waals surface area contributed by atoms with Gasteiger partial charge >= 0.3 is 11.9 Å². The molecular weight excluding hydrogens is 264 g/mol. The van der Waals surface area contributed by atoms with Gasteiger partial charge in [0.25, 0.3) is 0 Å². The van der Waals surface area contributed by atoms with E-state index in [4.69, 9.17) is 15.2 Å². The van der Waals surface area contributed by atoms with Crippen molar-refractivity contribution in [3.8, 4) is 5.88 Å². The van der Waals surface area contributed by atoms with Crippen molar-refractivity contribution in [2.45, 2.75) is 26.4 Å². The summed E-state index contributed by atoms with van der Waals surface area (Å²) in [6.07, 6.45) is 0. The molecule has 0 unspecified atom stereocenters. The monoisotopic (exact) mass is 282 g/mol. The van der Waals surface area contributed by atoms with Crippen molar-refractivity contribution in [3.05, 3.63) is 17.8 Å². The molecule has 0 radical (unpaired) electrons. The lowest BCUT2D eigenvalue weighted by atomic mass is 10.2. The van der Waals surface area contributed by atoms with Crippen LogP contribution in [0.4, 0.5) is 5.69 Å². The molecule has 0 saturated carbocycles. The van der Waals surface area contributed by atoms with E-state index in [-0.39, 0.29) is 23.9 Å². The number of carbonyl (C=O) groups excluding carboxylic acids is 2. The van der Waals surface area contributed by atoms with Gasteiger partial charge in [-0.05, 0) is 32.9 Å². The first kappa shape index (κ1) is 15.7. The van der Waals surface area contributed by atoms with Crippen molar-refractivity contribution < 1.29 is 23.8 Å². The zero-order valence-corrected chi connectivity index (χ0v) is 11.9. The molecule has 0 aliphatic rings. The molecule has 0 atom stereocenters. The first-order valence-electron chi connectivity index (χ1n) is 5.92. The number of nitrogens with two attached hydrogens (primary N) is 1. The minimum atomic E-state index is -0.618. The van der Waals surface area contributed by atoms with Crippen LogP contribution in [0.25, 0.3) is 0 Å². The molecule has 1 heterocycles. The van der Waals surface area contributed by atoms with E-state index in [1.807, 2.05) is 0 Å². The molecule has 2 N–H and O–H groups in total. The largest absolute Gasteiger partial charge is 0.464 e. The van der Waals surface area contributed by atoms with Crippen LogP contribution in [-0.4, -0.2) is 36.2 Å². The summed E-state index contributed by atoms with van der Waals surface area (Å²) in [4.78, 5) is 26.7. The number of nitrogens with zero attached hydrogens (tertiary/aromatic N) is 1. The maximum absolute atomic E-state index is 11.5. The van der Waals surface area contributed by atoms with Gasteiger partial charge in [-0.3, -0.25) is 0 Å².